The van der Waals surface area contributed by atoms with Crippen molar-refractivity contribution in [2.75, 3.05) is 11.4 Å². The van der Waals surface area contributed by atoms with E-state index in [0.717, 1.165) is 17.7 Å². The fourth-order valence-electron chi connectivity index (χ4n) is 2.47. The van der Waals surface area contributed by atoms with Crippen molar-refractivity contribution in [2.45, 2.75) is 25.3 Å². The predicted molar refractivity (Wildman–Crippen MR) is 80.1 cm³/mol. The first-order valence-corrected chi connectivity index (χ1v) is 6.86. The van der Waals surface area contributed by atoms with Crippen LogP contribution in [0.2, 0.25) is 0 Å². The number of fused-ring (bicyclic) bond motifs is 1. The predicted octanol–water partition coefficient (Wildman–Crippen LogP) is 2.34. The molecule has 1 aromatic carbocycles. The molecule has 1 aromatic heterocycles. The number of anilines is 1. The van der Waals surface area contributed by atoms with Crippen LogP contribution in [0.5, 0.6) is 0 Å². The number of benzene rings is 1. The third-order valence-electron chi connectivity index (χ3n) is 3.65. The summed E-state index contributed by atoms with van der Waals surface area (Å²) in [7, 11) is 0. The molecular weight excluding hydrogens is 252 g/mol. The van der Waals surface area contributed by atoms with Crippen LogP contribution in [0.1, 0.15) is 19.3 Å². The van der Waals surface area contributed by atoms with Crippen LogP contribution in [-0.2, 0) is 0 Å². The van der Waals surface area contributed by atoms with Gasteiger partial charge in [-0.3, -0.25) is 0 Å². The van der Waals surface area contributed by atoms with Crippen LogP contribution in [0.25, 0.3) is 10.8 Å². The van der Waals surface area contributed by atoms with Crippen molar-refractivity contribution in [1.29, 1.82) is 0 Å². The monoisotopic (exact) mass is 270 g/mol. The topological polar surface area (TPSA) is 74.7 Å². The first-order valence-electron chi connectivity index (χ1n) is 6.86. The molecule has 0 aliphatic heterocycles. The Kier molecular flexibility index (Phi) is 3.41. The molecule has 20 heavy (non-hydrogen) atoms. The molecule has 3 N–H and O–H groups in total. The minimum atomic E-state index is 0.260. The van der Waals surface area contributed by atoms with Gasteiger partial charge in [0.05, 0.1) is 0 Å². The molecular formula is C15H18N4O. The highest BCUT2D eigenvalue weighted by molar-refractivity contribution is 5.92. The van der Waals surface area contributed by atoms with Gasteiger partial charge in [0.1, 0.15) is 11.7 Å². The fourth-order valence-corrected chi connectivity index (χ4v) is 2.47. The molecule has 1 saturated carbocycles. The van der Waals surface area contributed by atoms with E-state index in [0.29, 0.717) is 12.5 Å². The van der Waals surface area contributed by atoms with Gasteiger partial charge in [0.15, 0.2) is 0 Å². The lowest BCUT2D eigenvalue weighted by atomic mass is 10.1. The van der Waals surface area contributed by atoms with Crippen molar-refractivity contribution in [3.63, 3.8) is 0 Å². The Bertz CT molecular complexity index is 631. The SMILES string of the molecule is N/C(CCN(c1nccc2ccccc12)C1CC1)=N/O. The molecule has 0 radical (unpaired) electrons. The summed E-state index contributed by atoms with van der Waals surface area (Å²) < 4.78 is 0. The van der Waals surface area contributed by atoms with Crippen molar-refractivity contribution in [1.82, 2.24) is 4.98 Å². The van der Waals surface area contributed by atoms with E-state index in [9.17, 15) is 0 Å². The number of rotatable bonds is 5. The van der Waals surface area contributed by atoms with Gasteiger partial charge in [0, 0.05) is 30.6 Å². The standard InChI is InChI=1S/C15H18N4O/c16-14(18-20)8-10-19(12-5-6-12)15-13-4-2-1-3-11(13)7-9-17-15/h1-4,7,9,12,20H,5-6,8,10H2,(H2,16,18). The van der Waals surface area contributed by atoms with E-state index in [4.69, 9.17) is 10.9 Å². The van der Waals surface area contributed by atoms with Gasteiger partial charge in [-0.25, -0.2) is 4.98 Å². The number of aromatic nitrogens is 1. The minimum Gasteiger partial charge on any atom is -0.409 e. The van der Waals surface area contributed by atoms with Crippen molar-refractivity contribution >= 4 is 22.4 Å². The molecule has 5 nitrogen and oxygen atoms in total. The molecule has 1 fully saturated rings. The largest absolute Gasteiger partial charge is 0.409 e. The fraction of sp³-hybridized carbons (Fsp3) is 0.333. The van der Waals surface area contributed by atoms with Gasteiger partial charge in [0.2, 0.25) is 0 Å². The van der Waals surface area contributed by atoms with Gasteiger partial charge in [0.25, 0.3) is 0 Å². The number of pyridine rings is 1. The molecule has 0 atom stereocenters. The summed E-state index contributed by atoms with van der Waals surface area (Å²) in [5, 5.41) is 14.1. The highest BCUT2D eigenvalue weighted by Gasteiger charge is 2.30. The second-order valence-corrected chi connectivity index (χ2v) is 5.12. The van der Waals surface area contributed by atoms with Crippen LogP contribution >= 0.6 is 0 Å². The van der Waals surface area contributed by atoms with Crippen LogP contribution in [-0.4, -0.2) is 28.6 Å². The molecule has 5 heteroatoms. The maximum Gasteiger partial charge on any atom is 0.140 e. The lowest BCUT2D eigenvalue weighted by Gasteiger charge is -2.24. The summed E-state index contributed by atoms with van der Waals surface area (Å²) in [4.78, 5) is 6.83. The summed E-state index contributed by atoms with van der Waals surface area (Å²) in [5.74, 6) is 1.26. The third kappa shape index (κ3) is 2.52. The van der Waals surface area contributed by atoms with E-state index < -0.39 is 0 Å². The summed E-state index contributed by atoms with van der Waals surface area (Å²) in [6.07, 6.45) is 4.75. The Balaban J connectivity index is 1.93. The maximum atomic E-state index is 8.67. The Morgan fingerprint density at radius 1 is 1.35 bits per heavy atom. The molecule has 1 heterocycles. The first kappa shape index (κ1) is 12.7. The van der Waals surface area contributed by atoms with E-state index in [1.807, 2.05) is 24.4 Å². The molecule has 104 valence electrons. The zero-order valence-corrected chi connectivity index (χ0v) is 11.2. The molecule has 0 amide bonds. The first-order chi connectivity index (χ1) is 9.79. The number of nitrogens with zero attached hydrogens (tertiary/aromatic N) is 3. The number of amidine groups is 1. The van der Waals surface area contributed by atoms with E-state index in [2.05, 4.69) is 27.2 Å². The van der Waals surface area contributed by atoms with Gasteiger partial charge < -0.3 is 15.8 Å². The molecule has 1 aliphatic carbocycles. The normalized spacial score (nSPS) is 15.5. The number of nitrogens with two attached hydrogens (primary N) is 1. The van der Waals surface area contributed by atoms with E-state index in [-0.39, 0.29) is 5.84 Å². The lowest BCUT2D eigenvalue weighted by Crippen LogP contribution is -2.31. The van der Waals surface area contributed by atoms with Gasteiger partial charge in [-0.15, -0.1) is 0 Å². The van der Waals surface area contributed by atoms with Crippen LogP contribution in [0, 0.1) is 0 Å². The zero-order chi connectivity index (χ0) is 13.9. The van der Waals surface area contributed by atoms with Gasteiger partial charge >= 0.3 is 0 Å². The van der Waals surface area contributed by atoms with Crippen LogP contribution in [0.4, 0.5) is 5.82 Å². The second kappa shape index (κ2) is 5.36. The molecule has 2 aromatic rings. The number of hydrogen-bond acceptors (Lipinski definition) is 4. The average molecular weight is 270 g/mol. The number of hydrogen-bond donors (Lipinski definition) is 2. The molecule has 0 spiro atoms. The summed E-state index contributed by atoms with van der Waals surface area (Å²) in [6.45, 7) is 0.724. The van der Waals surface area contributed by atoms with Crippen LogP contribution < -0.4 is 10.6 Å². The van der Waals surface area contributed by atoms with Gasteiger partial charge in [-0.2, -0.15) is 0 Å². The van der Waals surface area contributed by atoms with Gasteiger partial charge in [-0.1, -0.05) is 29.4 Å². The van der Waals surface area contributed by atoms with E-state index in [1.54, 1.807) is 0 Å². The molecule has 0 unspecified atom stereocenters. The maximum absolute atomic E-state index is 8.67. The van der Waals surface area contributed by atoms with E-state index in [1.165, 1.54) is 18.2 Å². The van der Waals surface area contributed by atoms with Crippen molar-refractivity contribution < 1.29 is 5.21 Å². The van der Waals surface area contributed by atoms with Crippen molar-refractivity contribution in [3.05, 3.63) is 36.5 Å². The molecule has 0 saturated heterocycles. The molecule has 0 bridgehead atoms. The zero-order valence-electron chi connectivity index (χ0n) is 11.2. The molecule has 1 aliphatic rings. The smallest absolute Gasteiger partial charge is 0.140 e. The Morgan fingerprint density at radius 3 is 2.90 bits per heavy atom. The summed E-state index contributed by atoms with van der Waals surface area (Å²) in [5.41, 5.74) is 5.59. The summed E-state index contributed by atoms with van der Waals surface area (Å²) in [6, 6.07) is 10.8. The van der Waals surface area contributed by atoms with Gasteiger partial charge in [-0.05, 0) is 24.3 Å². The highest BCUT2D eigenvalue weighted by Crippen LogP contribution is 2.34. The quantitative estimate of drug-likeness (QED) is 0.378. The Morgan fingerprint density at radius 2 is 2.15 bits per heavy atom. The molecule has 3 rings (SSSR count). The summed E-state index contributed by atoms with van der Waals surface area (Å²) >= 11 is 0. The minimum absolute atomic E-state index is 0.260. The second-order valence-electron chi connectivity index (χ2n) is 5.12. The van der Waals surface area contributed by atoms with Crippen LogP contribution in [0.15, 0.2) is 41.7 Å². The van der Waals surface area contributed by atoms with Crippen LogP contribution in [0.3, 0.4) is 0 Å². The Hall–Kier alpha value is -2.30. The lowest BCUT2D eigenvalue weighted by molar-refractivity contribution is 0.317. The third-order valence-corrected chi connectivity index (χ3v) is 3.65. The highest BCUT2D eigenvalue weighted by atomic mass is 16.4. The Labute approximate surface area is 117 Å². The van der Waals surface area contributed by atoms with Crippen molar-refractivity contribution in [2.24, 2.45) is 10.9 Å². The van der Waals surface area contributed by atoms with E-state index >= 15 is 0 Å². The van der Waals surface area contributed by atoms with Crippen molar-refractivity contribution in [3.8, 4) is 0 Å². The average Bonchev–Trinajstić information content (AvgIpc) is 3.32. The number of oxime groups is 1.